The lowest BCUT2D eigenvalue weighted by Crippen LogP contribution is -2.24. The third kappa shape index (κ3) is 4.27. The lowest BCUT2D eigenvalue weighted by molar-refractivity contribution is 0.619. The molecule has 2 N–H and O–H groups in total. The fourth-order valence-electron chi connectivity index (χ4n) is 1.79. The third-order valence-corrected chi connectivity index (χ3v) is 3.18. The Balaban J connectivity index is 2.10. The van der Waals surface area contributed by atoms with Crippen LogP contribution in [-0.4, -0.2) is 29.9 Å². The molecule has 7 heteroatoms. The van der Waals surface area contributed by atoms with Gasteiger partial charge in [0.25, 0.3) is 5.56 Å². The monoisotopic (exact) mass is 310 g/mol. The van der Waals surface area contributed by atoms with Crippen LogP contribution in [0.1, 0.15) is 5.56 Å². The van der Waals surface area contributed by atoms with E-state index in [1.165, 1.54) is 22.9 Å². The van der Waals surface area contributed by atoms with Crippen LogP contribution in [0, 0.1) is 5.82 Å². The Bertz CT molecular complexity index is 674. The van der Waals surface area contributed by atoms with Gasteiger partial charge in [0, 0.05) is 19.2 Å². The van der Waals surface area contributed by atoms with E-state index in [0.29, 0.717) is 17.8 Å². The second-order valence-electron chi connectivity index (χ2n) is 4.52. The standard InChI is InChI=1S/C14H16ClFN4O/c1-17-4-5-18-11-7-14(21)20(19-8-11)9-10-2-3-13(16)12(15)6-10/h2-3,6-8,17-18H,4-5,9H2,1H3. The van der Waals surface area contributed by atoms with E-state index in [0.717, 1.165) is 6.54 Å². The van der Waals surface area contributed by atoms with E-state index in [1.54, 1.807) is 12.3 Å². The zero-order valence-electron chi connectivity index (χ0n) is 11.6. The first-order valence-corrected chi connectivity index (χ1v) is 6.87. The number of hydrogen-bond donors (Lipinski definition) is 2. The van der Waals surface area contributed by atoms with E-state index >= 15 is 0 Å². The fourth-order valence-corrected chi connectivity index (χ4v) is 1.99. The molecule has 0 radical (unpaired) electrons. The summed E-state index contributed by atoms with van der Waals surface area (Å²) in [5.74, 6) is -0.482. The topological polar surface area (TPSA) is 59.0 Å². The molecule has 0 saturated heterocycles. The van der Waals surface area contributed by atoms with Gasteiger partial charge in [-0.25, -0.2) is 9.07 Å². The number of hydrogen-bond acceptors (Lipinski definition) is 4. The van der Waals surface area contributed by atoms with Crippen molar-refractivity contribution in [3.63, 3.8) is 0 Å². The Hall–Kier alpha value is -1.92. The summed E-state index contributed by atoms with van der Waals surface area (Å²) in [6, 6.07) is 5.82. The minimum Gasteiger partial charge on any atom is -0.382 e. The van der Waals surface area contributed by atoms with Crippen molar-refractivity contribution in [2.45, 2.75) is 6.54 Å². The van der Waals surface area contributed by atoms with Crippen LogP contribution in [0.15, 0.2) is 35.3 Å². The summed E-state index contributed by atoms with van der Waals surface area (Å²) in [7, 11) is 1.85. The number of rotatable bonds is 6. The average Bonchev–Trinajstić information content (AvgIpc) is 2.46. The van der Waals surface area contributed by atoms with Crippen molar-refractivity contribution in [3.05, 3.63) is 57.2 Å². The lowest BCUT2D eigenvalue weighted by Gasteiger charge is -2.08. The Labute approximate surface area is 126 Å². The highest BCUT2D eigenvalue weighted by Crippen LogP contribution is 2.16. The molecule has 0 aliphatic heterocycles. The number of anilines is 1. The summed E-state index contributed by atoms with van der Waals surface area (Å²) in [6.07, 6.45) is 1.59. The van der Waals surface area contributed by atoms with Crippen molar-refractivity contribution < 1.29 is 4.39 Å². The van der Waals surface area contributed by atoms with E-state index < -0.39 is 5.82 Å². The highest BCUT2D eigenvalue weighted by atomic mass is 35.5. The molecular formula is C14H16ClFN4O. The molecule has 2 aromatic rings. The summed E-state index contributed by atoms with van der Waals surface area (Å²) < 4.78 is 14.4. The van der Waals surface area contributed by atoms with Crippen LogP contribution >= 0.6 is 11.6 Å². The molecule has 0 aliphatic rings. The zero-order valence-corrected chi connectivity index (χ0v) is 12.3. The van der Waals surface area contributed by atoms with Crippen molar-refractivity contribution in [1.29, 1.82) is 0 Å². The van der Waals surface area contributed by atoms with Gasteiger partial charge >= 0.3 is 0 Å². The first-order chi connectivity index (χ1) is 10.1. The molecule has 21 heavy (non-hydrogen) atoms. The summed E-state index contributed by atoms with van der Waals surface area (Å²) in [5, 5.41) is 10.2. The molecule has 0 fully saturated rings. The highest BCUT2D eigenvalue weighted by Gasteiger charge is 2.04. The number of benzene rings is 1. The Morgan fingerprint density at radius 2 is 2.14 bits per heavy atom. The Morgan fingerprint density at radius 1 is 1.33 bits per heavy atom. The average molecular weight is 311 g/mol. The Kier molecular flexibility index (Phi) is 5.30. The van der Waals surface area contributed by atoms with Crippen molar-refractivity contribution in [3.8, 4) is 0 Å². The number of nitrogens with one attached hydrogen (secondary N) is 2. The highest BCUT2D eigenvalue weighted by molar-refractivity contribution is 6.30. The summed E-state index contributed by atoms with van der Waals surface area (Å²) in [4.78, 5) is 12.0. The molecule has 1 aromatic heterocycles. The van der Waals surface area contributed by atoms with E-state index in [2.05, 4.69) is 15.7 Å². The molecule has 1 aromatic carbocycles. The second-order valence-corrected chi connectivity index (χ2v) is 4.93. The van der Waals surface area contributed by atoms with Crippen LogP contribution in [0.25, 0.3) is 0 Å². The Morgan fingerprint density at radius 3 is 2.81 bits per heavy atom. The number of likely N-dealkylation sites (N-methyl/N-ethyl adjacent to an activating group) is 1. The van der Waals surface area contributed by atoms with Crippen LogP contribution in [0.2, 0.25) is 5.02 Å². The van der Waals surface area contributed by atoms with E-state index in [1.807, 2.05) is 7.05 Å². The molecule has 0 atom stereocenters. The van der Waals surface area contributed by atoms with Gasteiger partial charge in [0.1, 0.15) is 5.82 Å². The maximum absolute atomic E-state index is 13.1. The minimum absolute atomic E-state index is 0.0332. The van der Waals surface area contributed by atoms with E-state index in [9.17, 15) is 9.18 Å². The predicted molar refractivity (Wildman–Crippen MR) is 81.4 cm³/mol. The van der Waals surface area contributed by atoms with Gasteiger partial charge in [0.15, 0.2) is 0 Å². The quantitative estimate of drug-likeness (QED) is 0.798. The van der Waals surface area contributed by atoms with E-state index in [4.69, 9.17) is 11.6 Å². The molecule has 5 nitrogen and oxygen atoms in total. The van der Waals surface area contributed by atoms with Crippen molar-refractivity contribution in [2.24, 2.45) is 0 Å². The van der Waals surface area contributed by atoms with Gasteiger partial charge in [-0.2, -0.15) is 5.10 Å². The van der Waals surface area contributed by atoms with Crippen LogP contribution in [0.4, 0.5) is 10.1 Å². The van der Waals surface area contributed by atoms with Crippen molar-refractivity contribution >= 4 is 17.3 Å². The summed E-state index contributed by atoms with van der Waals surface area (Å²) >= 11 is 5.72. The first kappa shape index (κ1) is 15.5. The van der Waals surface area contributed by atoms with Crippen molar-refractivity contribution in [1.82, 2.24) is 15.1 Å². The second kappa shape index (κ2) is 7.19. The molecule has 0 saturated carbocycles. The van der Waals surface area contributed by atoms with Gasteiger partial charge < -0.3 is 10.6 Å². The molecule has 0 bridgehead atoms. The molecule has 112 valence electrons. The predicted octanol–water partition coefficient (Wildman–Crippen LogP) is 1.72. The maximum Gasteiger partial charge on any atom is 0.269 e. The van der Waals surface area contributed by atoms with Crippen LogP contribution in [0.3, 0.4) is 0 Å². The normalized spacial score (nSPS) is 10.6. The first-order valence-electron chi connectivity index (χ1n) is 6.49. The molecule has 0 amide bonds. The number of aromatic nitrogens is 2. The van der Waals surface area contributed by atoms with Gasteiger partial charge in [0.2, 0.25) is 0 Å². The minimum atomic E-state index is -0.482. The summed E-state index contributed by atoms with van der Waals surface area (Å²) in [6.45, 7) is 1.74. The molecule has 0 spiro atoms. The maximum atomic E-state index is 13.1. The van der Waals surface area contributed by atoms with Crippen molar-refractivity contribution in [2.75, 3.05) is 25.5 Å². The van der Waals surface area contributed by atoms with Gasteiger partial charge in [-0.1, -0.05) is 17.7 Å². The van der Waals surface area contributed by atoms with Gasteiger partial charge in [-0.3, -0.25) is 4.79 Å². The zero-order chi connectivity index (χ0) is 15.2. The fraction of sp³-hybridized carbons (Fsp3) is 0.286. The van der Waals surface area contributed by atoms with Gasteiger partial charge in [-0.15, -0.1) is 0 Å². The largest absolute Gasteiger partial charge is 0.382 e. The SMILES string of the molecule is CNCCNc1cnn(Cc2ccc(F)c(Cl)c2)c(=O)c1. The van der Waals surface area contributed by atoms with Crippen LogP contribution in [-0.2, 0) is 6.54 Å². The smallest absolute Gasteiger partial charge is 0.269 e. The third-order valence-electron chi connectivity index (χ3n) is 2.89. The molecule has 1 heterocycles. The van der Waals surface area contributed by atoms with Crippen LogP contribution in [0.5, 0.6) is 0 Å². The molecule has 0 unspecified atom stereocenters. The lowest BCUT2D eigenvalue weighted by atomic mass is 10.2. The van der Waals surface area contributed by atoms with Crippen LogP contribution < -0.4 is 16.2 Å². The molecule has 2 rings (SSSR count). The molecular weight excluding hydrogens is 295 g/mol. The number of halogens is 2. The molecule has 0 aliphatic carbocycles. The van der Waals surface area contributed by atoms with E-state index in [-0.39, 0.29) is 17.1 Å². The van der Waals surface area contributed by atoms with Gasteiger partial charge in [0.05, 0.1) is 23.5 Å². The van der Waals surface area contributed by atoms with Gasteiger partial charge in [-0.05, 0) is 24.7 Å². The summed E-state index contributed by atoms with van der Waals surface area (Å²) in [5.41, 5.74) is 1.15. The number of nitrogens with zero attached hydrogens (tertiary/aromatic N) is 2.